The van der Waals surface area contributed by atoms with Crippen LogP contribution < -0.4 is 0 Å². The molecule has 0 heterocycles. The molecule has 0 amide bonds. The first-order chi connectivity index (χ1) is 7.68. The molecule has 4 nitrogen and oxygen atoms in total. The Morgan fingerprint density at radius 2 is 1.56 bits per heavy atom. The Hall–Kier alpha value is -0.870. The van der Waals surface area contributed by atoms with E-state index in [-0.39, 0.29) is 13.2 Å². The first-order valence-electron chi connectivity index (χ1n) is 5.80. The third kappa shape index (κ3) is 23.2. The van der Waals surface area contributed by atoms with Crippen LogP contribution in [-0.4, -0.2) is 34.5 Å². The maximum Gasteiger partial charge on any atom is 0.327 e. The van der Waals surface area contributed by atoms with Crippen LogP contribution in [0.4, 0.5) is 0 Å². The summed E-state index contributed by atoms with van der Waals surface area (Å²) < 4.78 is 0. The molecule has 0 saturated carbocycles. The lowest BCUT2D eigenvalue weighted by molar-refractivity contribution is -0.131. The molecule has 0 aliphatic carbocycles. The topological polar surface area (TPSA) is 77.8 Å². The van der Waals surface area contributed by atoms with Crippen molar-refractivity contribution in [1.29, 1.82) is 0 Å². The second-order valence-electron chi connectivity index (χ2n) is 3.34. The quantitative estimate of drug-likeness (QED) is 0.441. The molecule has 0 aliphatic rings. The lowest BCUT2D eigenvalue weighted by atomic mass is 10.1. The van der Waals surface area contributed by atoms with E-state index in [1.807, 2.05) is 0 Å². The number of hydrogen-bond acceptors (Lipinski definition) is 3. The summed E-state index contributed by atoms with van der Waals surface area (Å²) in [6, 6.07) is 0. The van der Waals surface area contributed by atoms with Gasteiger partial charge in [-0.15, -0.1) is 0 Å². The SMILES string of the molecule is CCO.O=C(O)C=CCCCCCCCO. The number of unbranched alkanes of at least 4 members (excludes halogenated alkanes) is 5. The fraction of sp³-hybridized carbons (Fsp3) is 0.750. The molecule has 0 aromatic heterocycles. The van der Waals surface area contributed by atoms with Crippen molar-refractivity contribution in [3.63, 3.8) is 0 Å². The summed E-state index contributed by atoms with van der Waals surface area (Å²) in [5.74, 6) is -0.875. The molecule has 0 unspecified atom stereocenters. The summed E-state index contributed by atoms with van der Waals surface area (Å²) in [7, 11) is 0. The van der Waals surface area contributed by atoms with Crippen molar-refractivity contribution in [3.8, 4) is 0 Å². The Morgan fingerprint density at radius 1 is 1.06 bits per heavy atom. The number of aliphatic hydroxyl groups is 2. The molecule has 0 rings (SSSR count). The minimum atomic E-state index is -0.875. The molecule has 0 radical (unpaired) electrons. The fourth-order valence-electron chi connectivity index (χ4n) is 1.09. The molecule has 96 valence electrons. The van der Waals surface area contributed by atoms with Crippen molar-refractivity contribution in [2.45, 2.75) is 45.4 Å². The van der Waals surface area contributed by atoms with E-state index in [0.717, 1.165) is 38.5 Å². The average Bonchev–Trinajstić information content (AvgIpc) is 2.23. The molecule has 0 aromatic rings. The van der Waals surface area contributed by atoms with Crippen LogP contribution in [0.15, 0.2) is 12.2 Å². The van der Waals surface area contributed by atoms with Crippen molar-refractivity contribution in [1.82, 2.24) is 0 Å². The van der Waals surface area contributed by atoms with E-state index in [1.165, 1.54) is 6.08 Å². The Kier molecular flexibility index (Phi) is 18.1. The van der Waals surface area contributed by atoms with Crippen LogP contribution in [0.1, 0.15) is 45.4 Å². The van der Waals surface area contributed by atoms with Crippen LogP contribution in [0, 0.1) is 0 Å². The largest absolute Gasteiger partial charge is 0.478 e. The number of hydrogen-bond donors (Lipinski definition) is 3. The summed E-state index contributed by atoms with van der Waals surface area (Å²) in [6.07, 6.45) is 8.94. The highest BCUT2D eigenvalue weighted by Crippen LogP contribution is 2.05. The fourth-order valence-corrected chi connectivity index (χ4v) is 1.09. The summed E-state index contributed by atoms with van der Waals surface area (Å²) in [4.78, 5) is 10.1. The van der Waals surface area contributed by atoms with Crippen LogP contribution in [-0.2, 0) is 4.79 Å². The van der Waals surface area contributed by atoms with Gasteiger partial charge in [-0.1, -0.05) is 25.3 Å². The van der Waals surface area contributed by atoms with Gasteiger partial charge in [0.2, 0.25) is 0 Å². The van der Waals surface area contributed by atoms with Crippen LogP contribution in [0.2, 0.25) is 0 Å². The first-order valence-corrected chi connectivity index (χ1v) is 5.80. The average molecular weight is 232 g/mol. The Labute approximate surface area is 97.6 Å². The molecular formula is C12H24O4. The van der Waals surface area contributed by atoms with E-state index in [2.05, 4.69) is 0 Å². The molecule has 3 N–H and O–H groups in total. The molecule has 0 saturated heterocycles. The van der Waals surface area contributed by atoms with E-state index in [4.69, 9.17) is 15.3 Å². The van der Waals surface area contributed by atoms with Crippen LogP contribution in [0.25, 0.3) is 0 Å². The molecule has 0 fully saturated rings. The van der Waals surface area contributed by atoms with Gasteiger partial charge in [-0.25, -0.2) is 4.79 Å². The van der Waals surface area contributed by atoms with Crippen molar-refractivity contribution < 1.29 is 20.1 Å². The number of aliphatic hydroxyl groups excluding tert-OH is 2. The number of carboxylic acids is 1. The number of rotatable bonds is 8. The summed E-state index contributed by atoms with van der Waals surface area (Å²) in [5.41, 5.74) is 0. The predicted octanol–water partition coefficient (Wildman–Crippen LogP) is 1.96. The highest BCUT2D eigenvalue weighted by Gasteiger charge is 1.89. The number of allylic oxidation sites excluding steroid dienone is 1. The summed E-state index contributed by atoms with van der Waals surface area (Å²) in [6.45, 7) is 2.21. The van der Waals surface area contributed by atoms with E-state index in [9.17, 15) is 4.79 Å². The standard InChI is InChI=1S/C10H18O3.C2H6O/c11-9-7-5-3-1-2-4-6-8-10(12)13;1-2-3/h6,8,11H,1-5,7,9H2,(H,12,13);3H,2H2,1H3. The lowest BCUT2D eigenvalue weighted by Gasteiger charge is -1.96. The highest BCUT2D eigenvalue weighted by atomic mass is 16.4. The molecule has 0 bridgehead atoms. The third-order valence-corrected chi connectivity index (χ3v) is 1.79. The molecular weight excluding hydrogens is 208 g/mol. The first kappa shape index (κ1) is 17.5. The Morgan fingerprint density at radius 3 is 2.06 bits per heavy atom. The lowest BCUT2D eigenvalue weighted by Crippen LogP contribution is -1.86. The van der Waals surface area contributed by atoms with Gasteiger partial charge in [0, 0.05) is 19.3 Å². The minimum absolute atomic E-state index is 0.250. The van der Waals surface area contributed by atoms with Crippen molar-refractivity contribution in [2.75, 3.05) is 13.2 Å². The van der Waals surface area contributed by atoms with Crippen molar-refractivity contribution >= 4 is 5.97 Å². The zero-order valence-electron chi connectivity index (χ0n) is 10.1. The van der Waals surface area contributed by atoms with Gasteiger partial charge in [-0.2, -0.15) is 0 Å². The predicted molar refractivity (Wildman–Crippen MR) is 64.3 cm³/mol. The minimum Gasteiger partial charge on any atom is -0.478 e. The zero-order chi connectivity index (χ0) is 12.6. The Balaban J connectivity index is 0. The second kappa shape index (κ2) is 16.6. The maximum atomic E-state index is 10.1. The number of carbonyl (C=O) groups is 1. The van der Waals surface area contributed by atoms with Crippen LogP contribution >= 0.6 is 0 Å². The van der Waals surface area contributed by atoms with E-state index >= 15 is 0 Å². The maximum absolute atomic E-state index is 10.1. The zero-order valence-corrected chi connectivity index (χ0v) is 10.1. The molecule has 0 atom stereocenters. The van der Waals surface area contributed by atoms with E-state index < -0.39 is 5.97 Å². The molecule has 4 heteroatoms. The third-order valence-electron chi connectivity index (χ3n) is 1.79. The van der Waals surface area contributed by atoms with Gasteiger partial charge in [0.05, 0.1) is 0 Å². The summed E-state index contributed by atoms with van der Waals surface area (Å²) >= 11 is 0. The summed E-state index contributed by atoms with van der Waals surface area (Å²) in [5, 5.41) is 24.3. The van der Waals surface area contributed by atoms with Gasteiger partial charge in [0.1, 0.15) is 0 Å². The van der Waals surface area contributed by atoms with Crippen molar-refractivity contribution in [2.24, 2.45) is 0 Å². The van der Waals surface area contributed by atoms with Crippen molar-refractivity contribution in [3.05, 3.63) is 12.2 Å². The second-order valence-corrected chi connectivity index (χ2v) is 3.34. The molecule has 0 aliphatic heterocycles. The van der Waals surface area contributed by atoms with Crippen LogP contribution in [0.5, 0.6) is 0 Å². The van der Waals surface area contributed by atoms with Gasteiger partial charge in [0.25, 0.3) is 0 Å². The van der Waals surface area contributed by atoms with Gasteiger partial charge >= 0.3 is 5.97 Å². The van der Waals surface area contributed by atoms with Crippen LogP contribution in [0.3, 0.4) is 0 Å². The monoisotopic (exact) mass is 232 g/mol. The highest BCUT2D eigenvalue weighted by molar-refractivity contribution is 5.79. The number of aliphatic carboxylic acids is 1. The molecule has 0 aromatic carbocycles. The van der Waals surface area contributed by atoms with Gasteiger partial charge < -0.3 is 15.3 Å². The molecule has 0 spiro atoms. The molecule has 16 heavy (non-hydrogen) atoms. The van der Waals surface area contributed by atoms with Gasteiger partial charge in [-0.05, 0) is 26.2 Å². The normalized spacial score (nSPS) is 9.94. The smallest absolute Gasteiger partial charge is 0.327 e. The van der Waals surface area contributed by atoms with Gasteiger partial charge in [-0.3, -0.25) is 0 Å². The number of carboxylic acid groups (broad SMARTS) is 1. The Bertz CT molecular complexity index is 166. The van der Waals surface area contributed by atoms with Gasteiger partial charge in [0.15, 0.2) is 0 Å². The van der Waals surface area contributed by atoms with E-state index in [1.54, 1.807) is 13.0 Å². The van der Waals surface area contributed by atoms with E-state index in [0.29, 0.717) is 0 Å².